The highest BCUT2D eigenvalue weighted by Gasteiger charge is 2.46. The highest BCUT2D eigenvalue weighted by atomic mass is 35.5. The Morgan fingerprint density at radius 2 is 1.95 bits per heavy atom. The van der Waals surface area contributed by atoms with Crippen LogP contribution in [0.4, 0.5) is 10.6 Å². The molecule has 2 fully saturated rings. The average Bonchev–Trinajstić information content (AvgIpc) is 3.28. The normalized spacial score (nSPS) is 17.0. The van der Waals surface area contributed by atoms with Gasteiger partial charge >= 0.3 is 6.09 Å². The zero-order valence-electron chi connectivity index (χ0n) is 24.3. The van der Waals surface area contributed by atoms with Crippen LogP contribution >= 0.6 is 11.6 Å². The van der Waals surface area contributed by atoms with Gasteiger partial charge in [-0.3, -0.25) is 4.68 Å². The van der Waals surface area contributed by atoms with E-state index in [0.29, 0.717) is 41.8 Å². The summed E-state index contributed by atoms with van der Waals surface area (Å²) in [6, 6.07) is 5.37. The molecule has 12 heteroatoms. The third kappa shape index (κ3) is 5.84. The van der Waals surface area contributed by atoms with E-state index in [4.69, 9.17) is 31.0 Å². The molecule has 5 rings (SSSR count). The fourth-order valence-electron chi connectivity index (χ4n) is 5.83. The van der Waals surface area contributed by atoms with Crippen molar-refractivity contribution in [2.75, 3.05) is 58.4 Å². The first-order valence-corrected chi connectivity index (χ1v) is 14.2. The molecule has 0 radical (unpaired) electrons. The number of nitrogens with one attached hydrogen (secondary N) is 1. The second kappa shape index (κ2) is 11.8. The number of aliphatic hydroxyl groups excluding tert-OH is 1. The number of aliphatic hydroxyl groups is 1. The number of hydrogen-bond donors (Lipinski definition) is 2. The Morgan fingerprint density at radius 1 is 1.22 bits per heavy atom. The number of rotatable bonds is 8. The maximum Gasteiger partial charge on any atom is 0.409 e. The fourth-order valence-corrected chi connectivity index (χ4v) is 6.03. The number of likely N-dealkylation sites (N-methyl/N-ethyl adjacent to an activating group) is 1. The third-order valence-corrected chi connectivity index (χ3v) is 8.47. The number of amides is 1. The summed E-state index contributed by atoms with van der Waals surface area (Å²) in [5.41, 5.74) is 4.51. The van der Waals surface area contributed by atoms with Crippen LogP contribution in [0, 0.1) is 19.3 Å². The van der Waals surface area contributed by atoms with Gasteiger partial charge < -0.3 is 29.7 Å². The Balaban J connectivity index is 1.48. The highest BCUT2D eigenvalue weighted by molar-refractivity contribution is 6.33. The zero-order chi connectivity index (χ0) is 29.3. The largest absolute Gasteiger partial charge is 0.491 e. The third-order valence-electron chi connectivity index (χ3n) is 8.14. The lowest BCUT2D eigenvalue weighted by molar-refractivity contribution is 0.0621. The van der Waals surface area contributed by atoms with Crippen LogP contribution in [0.1, 0.15) is 24.0 Å². The molecule has 0 aliphatic carbocycles. The molecule has 220 valence electrons. The predicted molar refractivity (Wildman–Crippen MR) is 157 cm³/mol. The van der Waals surface area contributed by atoms with Crippen LogP contribution < -0.4 is 15.0 Å². The van der Waals surface area contributed by atoms with Crippen LogP contribution in [0.15, 0.2) is 24.4 Å². The van der Waals surface area contributed by atoms with E-state index < -0.39 is 6.10 Å². The molecule has 0 bridgehead atoms. The number of carbonyl (C=O) groups excluding carboxylic acids is 1. The molecule has 1 aromatic carbocycles. The van der Waals surface area contributed by atoms with Gasteiger partial charge in [0.15, 0.2) is 5.82 Å². The molecule has 2 aromatic heterocycles. The minimum atomic E-state index is -0.640. The molecule has 1 atom stereocenters. The molecule has 2 N–H and O–H groups in total. The molecule has 11 nitrogen and oxygen atoms in total. The van der Waals surface area contributed by atoms with E-state index in [0.717, 1.165) is 54.3 Å². The predicted octanol–water partition coefficient (Wildman–Crippen LogP) is 3.44. The van der Waals surface area contributed by atoms with Gasteiger partial charge in [0.2, 0.25) is 0 Å². The first-order chi connectivity index (χ1) is 19.6. The summed E-state index contributed by atoms with van der Waals surface area (Å²) in [6.07, 6.45) is 2.78. The smallest absolute Gasteiger partial charge is 0.409 e. The molecule has 0 saturated carbocycles. The van der Waals surface area contributed by atoms with Gasteiger partial charge in [-0.25, -0.2) is 14.8 Å². The monoisotopic (exact) mass is 583 g/mol. The number of aromatic nitrogens is 4. The van der Waals surface area contributed by atoms with Crippen LogP contribution in [0.5, 0.6) is 5.75 Å². The molecule has 41 heavy (non-hydrogen) atoms. The Hall–Kier alpha value is -3.41. The highest BCUT2D eigenvalue weighted by Crippen LogP contribution is 2.45. The summed E-state index contributed by atoms with van der Waals surface area (Å²) in [7, 11) is 5.12. The maximum atomic E-state index is 12.0. The topological polar surface area (TPSA) is 118 Å². The summed E-state index contributed by atoms with van der Waals surface area (Å²) >= 11 is 6.70. The lowest BCUT2D eigenvalue weighted by atomic mass is 9.72. The van der Waals surface area contributed by atoms with E-state index in [-0.39, 0.29) is 18.1 Å². The van der Waals surface area contributed by atoms with Crippen molar-refractivity contribution in [1.29, 1.82) is 0 Å². The van der Waals surface area contributed by atoms with E-state index in [2.05, 4.69) is 22.2 Å². The molecule has 4 heterocycles. The van der Waals surface area contributed by atoms with E-state index in [1.54, 1.807) is 24.1 Å². The molecule has 3 aromatic rings. The van der Waals surface area contributed by atoms with Crippen molar-refractivity contribution in [3.63, 3.8) is 0 Å². The number of piperidine rings is 1. The van der Waals surface area contributed by atoms with Gasteiger partial charge in [-0.1, -0.05) is 11.6 Å². The van der Waals surface area contributed by atoms with Crippen molar-refractivity contribution in [1.82, 2.24) is 30.0 Å². The number of carbonyl (C=O) groups is 1. The van der Waals surface area contributed by atoms with Crippen molar-refractivity contribution in [2.45, 2.75) is 32.8 Å². The lowest BCUT2D eigenvalue weighted by Gasteiger charge is -2.54. The van der Waals surface area contributed by atoms with E-state index >= 15 is 0 Å². The Bertz CT molecular complexity index is 1390. The number of benzene rings is 1. The summed E-state index contributed by atoms with van der Waals surface area (Å²) in [4.78, 5) is 26.1. The van der Waals surface area contributed by atoms with Crippen LogP contribution in [0.25, 0.3) is 22.8 Å². The Labute approximate surface area is 245 Å². The molecule has 1 amide bonds. The minimum absolute atomic E-state index is 0.143. The molecule has 1 spiro atoms. The van der Waals surface area contributed by atoms with Crippen molar-refractivity contribution < 1.29 is 19.4 Å². The molecular formula is C29H38ClN7O4. The SMILES string of the molecule is CNC[C@@H](O)COc1ccc(Cl)c(-c2nc(-c3c(C)cnn3C)c(C)c(N3CC4(CCN(C(=O)OC)CC4)C3)n2)c1. The number of likely N-dealkylation sites (tertiary alicyclic amines) is 1. The Kier molecular flexibility index (Phi) is 8.40. The van der Waals surface area contributed by atoms with Gasteiger partial charge in [0.25, 0.3) is 0 Å². The second-order valence-corrected chi connectivity index (χ2v) is 11.5. The van der Waals surface area contributed by atoms with E-state index in [1.807, 2.05) is 30.9 Å². The second-order valence-electron chi connectivity index (χ2n) is 11.1. The quantitative estimate of drug-likeness (QED) is 0.411. The number of hydrogen-bond acceptors (Lipinski definition) is 9. The number of anilines is 1. The molecule has 2 aliphatic heterocycles. The molecular weight excluding hydrogens is 546 g/mol. The van der Waals surface area contributed by atoms with E-state index in [9.17, 15) is 9.90 Å². The van der Waals surface area contributed by atoms with Gasteiger partial charge in [-0.05, 0) is 57.5 Å². The van der Waals surface area contributed by atoms with Crippen LogP contribution in [0.3, 0.4) is 0 Å². The van der Waals surface area contributed by atoms with Gasteiger partial charge in [-0.2, -0.15) is 5.10 Å². The zero-order valence-corrected chi connectivity index (χ0v) is 25.0. The number of halogens is 1. The minimum Gasteiger partial charge on any atom is -0.491 e. The maximum absolute atomic E-state index is 12.0. The number of nitrogens with zero attached hydrogens (tertiary/aromatic N) is 6. The summed E-state index contributed by atoms with van der Waals surface area (Å²) in [5.74, 6) is 1.93. The lowest BCUT2D eigenvalue weighted by Crippen LogP contribution is -2.61. The van der Waals surface area contributed by atoms with Crippen molar-refractivity contribution in [3.8, 4) is 28.5 Å². The molecule has 0 unspecified atom stereocenters. The van der Waals surface area contributed by atoms with Gasteiger partial charge in [0.05, 0.1) is 29.7 Å². The van der Waals surface area contributed by atoms with Crippen molar-refractivity contribution in [3.05, 3.63) is 40.5 Å². The van der Waals surface area contributed by atoms with Crippen LogP contribution in [-0.2, 0) is 11.8 Å². The number of ether oxygens (including phenoxy) is 2. The van der Waals surface area contributed by atoms with Crippen LogP contribution in [0.2, 0.25) is 5.02 Å². The van der Waals surface area contributed by atoms with Crippen LogP contribution in [-0.4, -0.2) is 95.4 Å². The van der Waals surface area contributed by atoms with Crippen molar-refractivity contribution >= 4 is 23.5 Å². The summed E-state index contributed by atoms with van der Waals surface area (Å²) < 4.78 is 12.6. The number of aryl methyl sites for hydroxylation is 2. The van der Waals surface area contributed by atoms with Gasteiger partial charge in [0.1, 0.15) is 24.3 Å². The fraction of sp³-hybridized carbons (Fsp3) is 0.517. The van der Waals surface area contributed by atoms with Gasteiger partial charge in [0, 0.05) is 56.3 Å². The number of methoxy groups -OCH3 is 1. The first-order valence-electron chi connectivity index (χ1n) is 13.9. The summed E-state index contributed by atoms with van der Waals surface area (Å²) in [6.45, 7) is 7.73. The first kappa shape index (κ1) is 29.1. The van der Waals surface area contributed by atoms with E-state index in [1.165, 1.54) is 7.11 Å². The molecule has 2 aliphatic rings. The standard InChI is InChI=1S/C29H38ClN7O4/c1-18-13-32-35(4)25(18)24-19(2)27(37-16-29(17-37)8-10-36(11-9-29)28(39)40-5)34-26(33-24)22-12-21(6-7-23(22)30)41-15-20(38)14-31-3/h6-7,12-13,20,31,38H,8-11,14-17H2,1-5H3/t20-/m1/s1. The average molecular weight is 584 g/mol. The summed E-state index contributed by atoms with van der Waals surface area (Å²) in [5, 5.41) is 18.0. The van der Waals surface area contributed by atoms with Crippen molar-refractivity contribution in [2.24, 2.45) is 12.5 Å². The molecule has 2 saturated heterocycles. The Morgan fingerprint density at radius 3 is 2.59 bits per heavy atom. The van der Waals surface area contributed by atoms with Gasteiger partial charge in [-0.15, -0.1) is 0 Å².